The predicted octanol–water partition coefficient (Wildman–Crippen LogP) is 4.47. The first-order valence-electron chi connectivity index (χ1n) is 8.10. The summed E-state index contributed by atoms with van der Waals surface area (Å²) in [4.78, 5) is 16.8. The zero-order valence-corrected chi connectivity index (χ0v) is 14.5. The first-order valence-corrected chi connectivity index (χ1v) is 8.10. The zero-order chi connectivity index (χ0) is 17.8. The van der Waals surface area contributed by atoms with Crippen LogP contribution in [0.2, 0.25) is 0 Å². The van der Waals surface area contributed by atoms with Crippen molar-refractivity contribution < 1.29 is 14.3 Å². The summed E-state index contributed by atoms with van der Waals surface area (Å²) in [6.07, 6.45) is 1.55. The highest BCUT2D eigenvalue weighted by Gasteiger charge is 2.17. The Bertz CT molecular complexity index is 922. The Hall–Kier alpha value is -3.08. The van der Waals surface area contributed by atoms with Crippen LogP contribution in [0.25, 0.3) is 10.9 Å². The van der Waals surface area contributed by atoms with E-state index in [2.05, 4.69) is 10.3 Å². The summed E-state index contributed by atoms with van der Waals surface area (Å²) >= 11 is 0. The molecule has 1 aromatic heterocycles. The Kier molecular flexibility index (Phi) is 4.84. The van der Waals surface area contributed by atoms with Gasteiger partial charge in [-0.05, 0) is 49.7 Å². The molecule has 0 amide bonds. The highest BCUT2D eigenvalue weighted by atomic mass is 16.5. The first-order chi connectivity index (χ1) is 12.1. The number of aryl methyl sites for hydroxylation is 1. The Balaban J connectivity index is 2.18. The number of ether oxygens (including phenoxy) is 2. The molecule has 0 radical (unpaired) electrons. The van der Waals surface area contributed by atoms with Gasteiger partial charge in [0, 0.05) is 17.3 Å². The molecule has 0 aliphatic heterocycles. The summed E-state index contributed by atoms with van der Waals surface area (Å²) in [6, 6.07) is 13.5. The second kappa shape index (κ2) is 7.21. The molecule has 0 saturated carbocycles. The molecule has 25 heavy (non-hydrogen) atoms. The van der Waals surface area contributed by atoms with Crippen LogP contribution in [0.3, 0.4) is 0 Å². The Labute approximate surface area is 146 Å². The van der Waals surface area contributed by atoms with Crippen LogP contribution in [0.5, 0.6) is 5.75 Å². The number of carbonyl (C=O) groups is 1. The topological polar surface area (TPSA) is 60.5 Å². The monoisotopic (exact) mass is 336 g/mol. The second-order valence-corrected chi connectivity index (χ2v) is 5.64. The normalized spacial score (nSPS) is 10.5. The average molecular weight is 336 g/mol. The lowest BCUT2D eigenvalue weighted by Crippen LogP contribution is -2.09. The molecule has 5 heteroatoms. The molecular formula is C20H20N2O3. The number of nitrogens with zero attached hydrogens (tertiary/aromatic N) is 1. The van der Waals surface area contributed by atoms with Gasteiger partial charge in [-0.2, -0.15) is 0 Å². The van der Waals surface area contributed by atoms with Crippen LogP contribution < -0.4 is 10.1 Å². The number of carbonyl (C=O) groups excluding carboxylic acids is 1. The summed E-state index contributed by atoms with van der Waals surface area (Å²) in [6.45, 7) is 4.10. The number of hydrogen-bond donors (Lipinski definition) is 1. The molecule has 0 fully saturated rings. The van der Waals surface area contributed by atoms with E-state index in [0.717, 1.165) is 22.2 Å². The molecule has 3 aromatic rings. The average Bonchev–Trinajstić information content (AvgIpc) is 2.61. The molecule has 1 heterocycles. The molecule has 5 nitrogen and oxygen atoms in total. The minimum absolute atomic E-state index is 0.304. The van der Waals surface area contributed by atoms with E-state index in [1.807, 2.05) is 49.4 Å². The largest absolute Gasteiger partial charge is 0.497 e. The fraction of sp³-hybridized carbons (Fsp3) is 0.200. The third-order valence-corrected chi connectivity index (χ3v) is 3.86. The van der Waals surface area contributed by atoms with Crippen LogP contribution in [0.4, 0.5) is 11.4 Å². The van der Waals surface area contributed by atoms with Gasteiger partial charge in [-0.3, -0.25) is 4.98 Å². The minimum Gasteiger partial charge on any atom is -0.497 e. The summed E-state index contributed by atoms with van der Waals surface area (Å²) < 4.78 is 10.5. The third-order valence-electron chi connectivity index (χ3n) is 3.86. The summed E-state index contributed by atoms with van der Waals surface area (Å²) in [5.74, 6) is 0.289. The van der Waals surface area contributed by atoms with E-state index in [1.165, 1.54) is 0 Å². The van der Waals surface area contributed by atoms with Gasteiger partial charge >= 0.3 is 5.97 Å². The number of esters is 1. The van der Waals surface area contributed by atoms with Crippen molar-refractivity contribution in [3.63, 3.8) is 0 Å². The maximum absolute atomic E-state index is 12.4. The van der Waals surface area contributed by atoms with Crippen LogP contribution in [0.15, 0.2) is 48.7 Å². The Morgan fingerprint density at radius 3 is 2.76 bits per heavy atom. The van der Waals surface area contributed by atoms with Crippen LogP contribution in [0, 0.1) is 6.92 Å². The Morgan fingerprint density at radius 2 is 2.04 bits per heavy atom. The SMILES string of the molecule is CCOC(=O)c1cnc2ccc(OC)cc2c1Nc1cccc(C)c1. The number of rotatable bonds is 5. The number of methoxy groups -OCH3 is 1. The van der Waals surface area contributed by atoms with Gasteiger partial charge in [0.25, 0.3) is 0 Å². The number of pyridine rings is 1. The molecule has 0 aliphatic carbocycles. The van der Waals surface area contributed by atoms with Crippen molar-refractivity contribution in [1.29, 1.82) is 0 Å². The number of benzene rings is 2. The van der Waals surface area contributed by atoms with Crippen molar-refractivity contribution in [1.82, 2.24) is 4.98 Å². The van der Waals surface area contributed by atoms with Gasteiger partial charge in [-0.25, -0.2) is 4.79 Å². The first kappa shape index (κ1) is 16.8. The lowest BCUT2D eigenvalue weighted by Gasteiger charge is -2.15. The quantitative estimate of drug-likeness (QED) is 0.697. The van der Waals surface area contributed by atoms with Gasteiger partial charge in [0.2, 0.25) is 0 Å². The predicted molar refractivity (Wildman–Crippen MR) is 98.7 cm³/mol. The highest BCUT2D eigenvalue weighted by molar-refractivity contribution is 6.06. The lowest BCUT2D eigenvalue weighted by molar-refractivity contribution is 0.0527. The molecule has 0 atom stereocenters. The van der Waals surface area contributed by atoms with E-state index >= 15 is 0 Å². The number of anilines is 2. The van der Waals surface area contributed by atoms with Crippen molar-refractivity contribution in [3.8, 4) is 5.75 Å². The number of hydrogen-bond acceptors (Lipinski definition) is 5. The molecule has 1 N–H and O–H groups in total. The van der Waals surface area contributed by atoms with Crippen LogP contribution >= 0.6 is 0 Å². The van der Waals surface area contributed by atoms with E-state index < -0.39 is 5.97 Å². The molecule has 128 valence electrons. The fourth-order valence-electron chi connectivity index (χ4n) is 2.66. The molecule has 3 rings (SSSR count). The molecule has 0 bridgehead atoms. The molecule has 0 saturated heterocycles. The van der Waals surface area contributed by atoms with Crippen molar-refractivity contribution >= 4 is 28.2 Å². The number of aromatic nitrogens is 1. The number of nitrogens with one attached hydrogen (secondary N) is 1. The maximum atomic E-state index is 12.4. The standard InChI is InChI=1S/C20H20N2O3/c1-4-25-20(23)17-12-21-18-9-8-15(24-3)11-16(18)19(17)22-14-7-5-6-13(2)10-14/h5-12H,4H2,1-3H3,(H,21,22). The van der Waals surface area contributed by atoms with Crippen molar-refractivity contribution in [2.45, 2.75) is 13.8 Å². The zero-order valence-electron chi connectivity index (χ0n) is 14.5. The van der Waals surface area contributed by atoms with Crippen molar-refractivity contribution in [2.24, 2.45) is 0 Å². The van der Waals surface area contributed by atoms with Crippen LogP contribution in [-0.2, 0) is 4.74 Å². The molecular weight excluding hydrogens is 316 g/mol. The Morgan fingerprint density at radius 1 is 1.20 bits per heavy atom. The second-order valence-electron chi connectivity index (χ2n) is 5.64. The smallest absolute Gasteiger partial charge is 0.341 e. The van der Waals surface area contributed by atoms with Crippen LogP contribution in [0.1, 0.15) is 22.8 Å². The van der Waals surface area contributed by atoms with E-state index in [0.29, 0.717) is 23.6 Å². The van der Waals surface area contributed by atoms with Gasteiger partial charge in [0.1, 0.15) is 11.3 Å². The summed E-state index contributed by atoms with van der Waals surface area (Å²) in [7, 11) is 1.61. The molecule has 0 unspecified atom stereocenters. The third kappa shape index (κ3) is 3.55. The van der Waals surface area contributed by atoms with Crippen LogP contribution in [-0.4, -0.2) is 24.7 Å². The summed E-state index contributed by atoms with van der Waals surface area (Å²) in [5.41, 5.74) is 3.83. The summed E-state index contributed by atoms with van der Waals surface area (Å²) in [5, 5.41) is 4.15. The molecule has 2 aromatic carbocycles. The van der Waals surface area contributed by atoms with Crippen molar-refractivity contribution in [2.75, 3.05) is 19.0 Å². The lowest BCUT2D eigenvalue weighted by atomic mass is 10.1. The van der Waals surface area contributed by atoms with E-state index in [-0.39, 0.29) is 0 Å². The van der Waals surface area contributed by atoms with Gasteiger partial charge in [-0.1, -0.05) is 12.1 Å². The van der Waals surface area contributed by atoms with Gasteiger partial charge in [0.15, 0.2) is 0 Å². The number of fused-ring (bicyclic) bond motifs is 1. The van der Waals surface area contributed by atoms with Gasteiger partial charge < -0.3 is 14.8 Å². The van der Waals surface area contributed by atoms with E-state index in [4.69, 9.17) is 9.47 Å². The highest BCUT2D eigenvalue weighted by Crippen LogP contribution is 2.32. The van der Waals surface area contributed by atoms with Crippen molar-refractivity contribution in [3.05, 3.63) is 59.8 Å². The molecule has 0 aliphatic rings. The van der Waals surface area contributed by atoms with Gasteiger partial charge in [-0.15, -0.1) is 0 Å². The van der Waals surface area contributed by atoms with Gasteiger partial charge in [0.05, 0.1) is 24.9 Å². The van der Waals surface area contributed by atoms with E-state index in [1.54, 1.807) is 20.2 Å². The molecule has 0 spiro atoms. The minimum atomic E-state index is -0.408. The maximum Gasteiger partial charge on any atom is 0.341 e. The van der Waals surface area contributed by atoms with E-state index in [9.17, 15) is 4.79 Å². The fourth-order valence-corrected chi connectivity index (χ4v) is 2.66.